The summed E-state index contributed by atoms with van der Waals surface area (Å²) in [6.45, 7) is 2.15. The summed E-state index contributed by atoms with van der Waals surface area (Å²) in [6.07, 6.45) is 2.34. The summed E-state index contributed by atoms with van der Waals surface area (Å²) in [4.78, 5) is 0. The van der Waals surface area contributed by atoms with Gasteiger partial charge in [-0.2, -0.15) is 0 Å². The van der Waals surface area contributed by atoms with Gasteiger partial charge >= 0.3 is 0 Å². The third kappa shape index (κ3) is 2.05. The van der Waals surface area contributed by atoms with Gasteiger partial charge in [-0.1, -0.05) is 46.3 Å². The van der Waals surface area contributed by atoms with Crippen LogP contribution in [0.15, 0.2) is 46.9 Å². The first kappa shape index (κ1) is 11.8. The summed E-state index contributed by atoms with van der Waals surface area (Å²) < 4.78 is 1.23. The molecule has 2 aromatic carbocycles. The molecule has 1 N–H and O–H groups in total. The number of fused-ring (bicyclic) bond motifs is 1. The van der Waals surface area contributed by atoms with Crippen molar-refractivity contribution in [3.05, 3.63) is 63.6 Å². The predicted octanol–water partition coefficient (Wildman–Crippen LogP) is 4.86. The van der Waals surface area contributed by atoms with Crippen molar-refractivity contribution in [2.75, 3.05) is 5.32 Å². The molecule has 1 unspecified atom stereocenters. The maximum absolute atomic E-state index is 3.68. The van der Waals surface area contributed by atoms with E-state index in [2.05, 4.69) is 70.6 Å². The molecule has 0 aliphatic heterocycles. The third-order valence-electron chi connectivity index (χ3n) is 3.67. The van der Waals surface area contributed by atoms with Crippen molar-refractivity contribution in [3.8, 4) is 0 Å². The maximum atomic E-state index is 3.68. The molecule has 0 saturated heterocycles. The zero-order valence-electron chi connectivity index (χ0n) is 10.4. The van der Waals surface area contributed by atoms with Gasteiger partial charge in [0.05, 0.1) is 6.04 Å². The van der Waals surface area contributed by atoms with Gasteiger partial charge < -0.3 is 5.32 Å². The number of benzene rings is 2. The fraction of sp³-hybridized carbons (Fsp3) is 0.250. The van der Waals surface area contributed by atoms with Gasteiger partial charge in [0.2, 0.25) is 0 Å². The molecule has 1 nitrogen and oxygen atoms in total. The molecule has 0 radical (unpaired) electrons. The largest absolute Gasteiger partial charge is 0.378 e. The summed E-state index contributed by atoms with van der Waals surface area (Å²) in [5.74, 6) is 0. The standard InChI is InChI=1S/C16H16BrN/c1-11-5-2-3-8-14(11)18-15-10-9-12-6-4-7-13(17)16(12)15/h2-8,15,18H,9-10H2,1H3. The Morgan fingerprint density at radius 2 is 1.94 bits per heavy atom. The van der Waals surface area contributed by atoms with Crippen LogP contribution in [0.5, 0.6) is 0 Å². The minimum Gasteiger partial charge on any atom is -0.378 e. The lowest BCUT2D eigenvalue weighted by Crippen LogP contribution is -2.08. The Bertz CT molecular complexity index is 577. The van der Waals surface area contributed by atoms with E-state index in [1.54, 1.807) is 0 Å². The van der Waals surface area contributed by atoms with Crippen LogP contribution >= 0.6 is 15.9 Å². The Morgan fingerprint density at radius 1 is 1.11 bits per heavy atom. The zero-order valence-corrected chi connectivity index (χ0v) is 12.0. The molecule has 0 fully saturated rings. The van der Waals surface area contributed by atoms with E-state index in [9.17, 15) is 0 Å². The minimum absolute atomic E-state index is 0.427. The van der Waals surface area contributed by atoms with Gasteiger partial charge in [0.25, 0.3) is 0 Å². The number of aryl methyl sites for hydroxylation is 2. The molecule has 1 aliphatic rings. The van der Waals surface area contributed by atoms with Crippen molar-refractivity contribution in [2.24, 2.45) is 0 Å². The number of para-hydroxylation sites is 1. The van der Waals surface area contributed by atoms with Crippen LogP contribution < -0.4 is 5.32 Å². The lowest BCUT2D eigenvalue weighted by molar-refractivity contribution is 0.759. The van der Waals surface area contributed by atoms with Crippen molar-refractivity contribution in [2.45, 2.75) is 25.8 Å². The molecule has 0 amide bonds. The smallest absolute Gasteiger partial charge is 0.0531 e. The third-order valence-corrected chi connectivity index (χ3v) is 4.36. The molecule has 0 saturated carbocycles. The van der Waals surface area contributed by atoms with Gasteiger partial charge in [-0.15, -0.1) is 0 Å². The fourth-order valence-corrected chi connectivity index (χ4v) is 3.38. The predicted molar refractivity (Wildman–Crippen MR) is 80.0 cm³/mol. The second-order valence-corrected chi connectivity index (χ2v) is 5.72. The van der Waals surface area contributed by atoms with Crippen LogP contribution in [0.4, 0.5) is 5.69 Å². The van der Waals surface area contributed by atoms with Gasteiger partial charge in [-0.05, 0) is 48.6 Å². The van der Waals surface area contributed by atoms with Gasteiger partial charge in [-0.25, -0.2) is 0 Å². The quantitative estimate of drug-likeness (QED) is 0.835. The normalized spacial score (nSPS) is 17.6. The number of halogens is 1. The first-order chi connectivity index (χ1) is 8.75. The maximum Gasteiger partial charge on any atom is 0.0531 e. The zero-order chi connectivity index (χ0) is 12.5. The van der Waals surface area contributed by atoms with Crippen molar-refractivity contribution in [3.63, 3.8) is 0 Å². The number of hydrogen-bond donors (Lipinski definition) is 1. The highest BCUT2D eigenvalue weighted by Gasteiger charge is 2.24. The van der Waals surface area contributed by atoms with Gasteiger partial charge in [-0.3, -0.25) is 0 Å². The molecule has 2 heteroatoms. The second-order valence-electron chi connectivity index (χ2n) is 4.86. The molecule has 18 heavy (non-hydrogen) atoms. The molecule has 0 spiro atoms. The van der Waals surface area contributed by atoms with Crippen molar-refractivity contribution in [1.29, 1.82) is 0 Å². The lowest BCUT2D eigenvalue weighted by Gasteiger charge is -2.18. The molecular weight excluding hydrogens is 286 g/mol. The van der Waals surface area contributed by atoms with E-state index in [1.165, 1.54) is 39.7 Å². The first-order valence-electron chi connectivity index (χ1n) is 6.35. The van der Waals surface area contributed by atoms with Crippen molar-refractivity contribution >= 4 is 21.6 Å². The molecule has 0 heterocycles. The highest BCUT2D eigenvalue weighted by atomic mass is 79.9. The Hall–Kier alpha value is -1.28. The van der Waals surface area contributed by atoms with Crippen LogP contribution in [-0.2, 0) is 6.42 Å². The van der Waals surface area contributed by atoms with Crippen LogP contribution in [0, 0.1) is 6.92 Å². The second kappa shape index (κ2) is 4.77. The van der Waals surface area contributed by atoms with Crippen molar-refractivity contribution < 1.29 is 0 Å². The van der Waals surface area contributed by atoms with E-state index >= 15 is 0 Å². The van der Waals surface area contributed by atoms with E-state index in [0.29, 0.717) is 6.04 Å². The summed E-state index contributed by atoms with van der Waals surface area (Å²) in [5, 5.41) is 3.68. The van der Waals surface area contributed by atoms with Crippen LogP contribution in [0.3, 0.4) is 0 Å². The molecule has 2 aromatic rings. The Balaban J connectivity index is 1.92. The number of anilines is 1. The van der Waals surface area contributed by atoms with Gasteiger partial charge in [0.15, 0.2) is 0 Å². The van der Waals surface area contributed by atoms with E-state index in [-0.39, 0.29) is 0 Å². The first-order valence-corrected chi connectivity index (χ1v) is 7.14. The summed E-state index contributed by atoms with van der Waals surface area (Å²) >= 11 is 3.68. The Kier molecular flexibility index (Phi) is 3.13. The molecule has 92 valence electrons. The molecule has 3 rings (SSSR count). The van der Waals surface area contributed by atoms with E-state index in [0.717, 1.165) is 0 Å². The Morgan fingerprint density at radius 3 is 2.78 bits per heavy atom. The van der Waals surface area contributed by atoms with E-state index < -0.39 is 0 Å². The molecule has 0 bridgehead atoms. The van der Waals surface area contributed by atoms with Crippen LogP contribution in [0.2, 0.25) is 0 Å². The summed E-state index contributed by atoms with van der Waals surface area (Å²) in [5.41, 5.74) is 5.44. The average molecular weight is 302 g/mol. The van der Waals surface area contributed by atoms with E-state index in [4.69, 9.17) is 0 Å². The van der Waals surface area contributed by atoms with Gasteiger partial charge in [0, 0.05) is 10.2 Å². The van der Waals surface area contributed by atoms with Crippen molar-refractivity contribution in [1.82, 2.24) is 0 Å². The Labute approximate surface area is 116 Å². The monoisotopic (exact) mass is 301 g/mol. The summed E-state index contributed by atoms with van der Waals surface area (Å²) in [7, 11) is 0. The number of rotatable bonds is 2. The molecule has 1 aliphatic carbocycles. The highest BCUT2D eigenvalue weighted by molar-refractivity contribution is 9.10. The molecule has 0 aromatic heterocycles. The lowest BCUT2D eigenvalue weighted by atomic mass is 10.1. The fourth-order valence-electron chi connectivity index (χ4n) is 2.70. The highest BCUT2D eigenvalue weighted by Crippen LogP contribution is 2.38. The average Bonchev–Trinajstić information content (AvgIpc) is 2.77. The van der Waals surface area contributed by atoms with Gasteiger partial charge in [0.1, 0.15) is 0 Å². The number of hydrogen-bond acceptors (Lipinski definition) is 1. The van der Waals surface area contributed by atoms with Crippen LogP contribution in [0.25, 0.3) is 0 Å². The van der Waals surface area contributed by atoms with Crippen LogP contribution in [0.1, 0.15) is 29.2 Å². The summed E-state index contributed by atoms with van der Waals surface area (Å²) in [6, 6.07) is 15.4. The molecular formula is C16H16BrN. The van der Waals surface area contributed by atoms with Crippen LogP contribution in [-0.4, -0.2) is 0 Å². The minimum atomic E-state index is 0.427. The topological polar surface area (TPSA) is 12.0 Å². The number of nitrogens with one attached hydrogen (secondary N) is 1. The molecule has 1 atom stereocenters. The van der Waals surface area contributed by atoms with E-state index in [1.807, 2.05) is 0 Å². The SMILES string of the molecule is Cc1ccccc1NC1CCc2cccc(Br)c21.